The summed E-state index contributed by atoms with van der Waals surface area (Å²) in [4.78, 5) is 27.2. The minimum atomic E-state index is -0.384. The van der Waals surface area contributed by atoms with Crippen LogP contribution in [0.4, 0.5) is 5.69 Å². The van der Waals surface area contributed by atoms with Crippen LogP contribution in [0.5, 0.6) is 0 Å². The summed E-state index contributed by atoms with van der Waals surface area (Å²) in [5.74, 6) is -0.408. The van der Waals surface area contributed by atoms with Gasteiger partial charge in [0, 0.05) is 24.8 Å². The molecule has 130 valence electrons. The van der Waals surface area contributed by atoms with Crippen LogP contribution in [0, 0.1) is 6.92 Å². The molecule has 6 heteroatoms. The van der Waals surface area contributed by atoms with Gasteiger partial charge in [0.05, 0.1) is 24.7 Å². The number of anilines is 1. The van der Waals surface area contributed by atoms with E-state index < -0.39 is 0 Å². The fraction of sp³-hybridized carbons (Fsp3) is 0.421. The molecule has 1 aromatic heterocycles. The quantitative estimate of drug-likeness (QED) is 0.934. The minimum absolute atomic E-state index is 0.0636. The van der Waals surface area contributed by atoms with Crippen LogP contribution < -0.4 is 5.32 Å². The predicted octanol–water partition coefficient (Wildman–Crippen LogP) is 2.31. The lowest BCUT2D eigenvalue weighted by Gasteiger charge is -2.31. The van der Waals surface area contributed by atoms with Gasteiger partial charge >= 0.3 is 0 Å². The number of benzene rings is 1. The summed E-state index contributed by atoms with van der Waals surface area (Å²) in [6.07, 6.45) is 6.04. The SMILES string of the molecule is Cc1cnn(C[C@H]2CCCN2C(=O)[C@H]2CC(=O)Nc3ccccc32)c1. The fourth-order valence-electron chi connectivity index (χ4n) is 3.93. The molecule has 0 aliphatic carbocycles. The van der Waals surface area contributed by atoms with E-state index >= 15 is 0 Å². The first-order chi connectivity index (χ1) is 12.1. The van der Waals surface area contributed by atoms with Crippen LogP contribution in [0.15, 0.2) is 36.7 Å². The molecule has 2 aliphatic rings. The summed E-state index contributed by atoms with van der Waals surface area (Å²) in [5, 5.41) is 7.21. The van der Waals surface area contributed by atoms with E-state index in [0.717, 1.165) is 36.2 Å². The highest BCUT2D eigenvalue weighted by molar-refractivity contribution is 6.01. The number of amides is 2. The maximum Gasteiger partial charge on any atom is 0.231 e. The number of likely N-dealkylation sites (tertiary alicyclic amines) is 1. The van der Waals surface area contributed by atoms with Crippen molar-refractivity contribution in [1.82, 2.24) is 14.7 Å². The lowest BCUT2D eigenvalue weighted by Crippen LogP contribution is -2.42. The lowest BCUT2D eigenvalue weighted by molar-refractivity contribution is -0.136. The fourth-order valence-corrected chi connectivity index (χ4v) is 3.93. The highest BCUT2D eigenvalue weighted by Gasteiger charge is 2.37. The van der Waals surface area contributed by atoms with Gasteiger partial charge < -0.3 is 10.2 Å². The third kappa shape index (κ3) is 3.04. The predicted molar refractivity (Wildman–Crippen MR) is 94.1 cm³/mol. The second kappa shape index (κ2) is 6.35. The Labute approximate surface area is 146 Å². The van der Waals surface area contributed by atoms with Crippen molar-refractivity contribution in [3.8, 4) is 0 Å². The molecule has 25 heavy (non-hydrogen) atoms. The molecule has 2 aliphatic heterocycles. The van der Waals surface area contributed by atoms with Crippen molar-refractivity contribution >= 4 is 17.5 Å². The molecule has 1 N–H and O–H groups in total. The minimum Gasteiger partial charge on any atom is -0.337 e. The number of fused-ring (bicyclic) bond motifs is 1. The van der Waals surface area contributed by atoms with Crippen molar-refractivity contribution in [2.45, 2.75) is 44.7 Å². The number of nitrogens with zero attached hydrogens (tertiary/aromatic N) is 3. The zero-order valence-corrected chi connectivity index (χ0v) is 14.3. The van der Waals surface area contributed by atoms with Crippen LogP contribution in [-0.4, -0.2) is 39.1 Å². The average Bonchev–Trinajstić information content (AvgIpc) is 3.22. The second-order valence-electron chi connectivity index (χ2n) is 6.96. The van der Waals surface area contributed by atoms with E-state index in [1.807, 2.05) is 53.2 Å². The van der Waals surface area contributed by atoms with Crippen LogP contribution in [0.2, 0.25) is 0 Å². The largest absolute Gasteiger partial charge is 0.337 e. The molecule has 3 heterocycles. The Hall–Kier alpha value is -2.63. The first-order valence-corrected chi connectivity index (χ1v) is 8.80. The highest BCUT2D eigenvalue weighted by atomic mass is 16.2. The molecule has 1 aromatic carbocycles. The number of carbonyl (C=O) groups is 2. The topological polar surface area (TPSA) is 67.2 Å². The van der Waals surface area contributed by atoms with Crippen LogP contribution in [0.3, 0.4) is 0 Å². The van der Waals surface area contributed by atoms with Gasteiger partial charge in [-0.2, -0.15) is 5.10 Å². The summed E-state index contributed by atoms with van der Waals surface area (Å²) in [5.41, 5.74) is 2.80. The molecule has 6 nitrogen and oxygen atoms in total. The van der Waals surface area contributed by atoms with Crippen molar-refractivity contribution in [3.63, 3.8) is 0 Å². The molecule has 2 atom stereocenters. The number of rotatable bonds is 3. The van der Waals surface area contributed by atoms with Gasteiger partial charge in [-0.3, -0.25) is 14.3 Å². The van der Waals surface area contributed by atoms with Gasteiger partial charge in [0.15, 0.2) is 0 Å². The third-order valence-electron chi connectivity index (χ3n) is 5.12. The van der Waals surface area contributed by atoms with Crippen molar-refractivity contribution in [2.75, 3.05) is 11.9 Å². The Morgan fingerprint density at radius 2 is 2.20 bits per heavy atom. The Bertz CT molecular complexity index is 813. The van der Waals surface area contributed by atoms with E-state index in [2.05, 4.69) is 10.4 Å². The maximum absolute atomic E-state index is 13.2. The first-order valence-electron chi connectivity index (χ1n) is 8.80. The Morgan fingerprint density at radius 3 is 3.00 bits per heavy atom. The summed E-state index contributed by atoms with van der Waals surface area (Å²) < 4.78 is 1.91. The molecule has 0 unspecified atom stereocenters. The number of hydrogen-bond donors (Lipinski definition) is 1. The highest BCUT2D eigenvalue weighted by Crippen LogP contribution is 2.35. The van der Waals surface area contributed by atoms with Gasteiger partial charge in [-0.1, -0.05) is 18.2 Å². The normalized spacial score (nSPS) is 22.6. The standard InChI is InChI=1S/C19H22N4O2/c1-13-10-20-22(11-13)12-14-5-4-8-23(14)19(25)16-9-18(24)21-17-7-3-2-6-15(16)17/h2-3,6-7,10-11,14,16H,4-5,8-9,12H2,1H3,(H,21,24)/t14-,16+/m1/s1. The smallest absolute Gasteiger partial charge is 0.231 e. The number of aromatic nitrogens is 2. The zero-order chi connectivity index (χ0) is 17.4. The van der Waals surface area contributed by atoms with E-state index in [4.69, 9.17) is 0 Å². The Morgan fingerprint density at radius 1 is 1.36 bits per heavy atom. The van der Waals surface area contributed by atoms with Crippen LogP contribution >= 0.6 is 0 Å². The molecular formula is C19H22N4O2. The monoisotopic (exact) mass is 338 g/mol. The van der Waals surface area contributed by atoms with Gasteiger partial charge in [-0.25, -0.2) is 0 Å². The molecule has 1 fully saturated rings. The summed E-state index contributed by atoms with van der Waals surface area (Å²) in [7, 11) is 0. The van der Waals surface area contributed by atoms with Crippen LogP contribution in [-0.2, 0) is 16.1 Å². The van der Waals surface area contributed by atoms with Crippen molar-refractivity contribution in [2.24, 2.45) is 0 Å². The number of hydrogen-bond acceptors (Lipinski definition) is 3. The van der Waals surface area contributed by atoms with E-state index in [-0.39, 0.29) is 30.2 Å². The zero-order valence-electron chi connectivity index (χ0n) is 14.3. The molecule has 2 amide bonds. The van der Waals surface area contributed by atoms with E-state index in [1.54, 1.807) is 0 Å². The van der Waals surface area contributed by atoms with Gasteiger partial charge in [0.25, 0.3) is 0 Å². The van der Waals surface area contributed by atoms with Gasteiger partial charge in [-0.15, -0.1) is 0 Å². The average molecular weight is 338 g/mol. The second-order valence-corrected chi connectivity index (χ2v) is 6.96. The molecule has 4 rings (SSSR count). The van der Waals surface area contributed by atoms with E-state index in [9.17, 15) is 9.59 Å². The number of para-hydroxylation sites is 1. The molecule has 0 spiro atoms. The van der Waals surface area contributed by atoms with Crippen molar-refractivity contribution in [1.29, 1.82) is 0 Å². The first kappa shape index (κ1) is 15.9. The summed E-state index contributed by atoms with van der Waals surface area (Å²) in [6.45, 7) is 3.48. The van der Waals surface area contributed by atoms with Gasteiger partial charge in [0.1, 0.15) is 0 Å². The molecule has 0 radical (unpaired) electrons. The van der Waals surface area contributed by atoms with E-state index in [0.29, 0.717) is 6.54 Å². The Kier molecular flexibility index (Phi) is 4.03. The van der Waals surface area contributed by atoms with E-state index in [1.165, 1.54) is 0 Å². The molecule has 1 saturated heterocycles. The number of nitrogens with one attached hydrogen (secondary N) is 1. The maximum atomic E-state index is 13.2. The molecule has 0 saturated carbocycles. The molecule has 2 aromatic rings. The number of carbonyl (C=O) groups excluding carboxylic acids is 2. The summed E-state index contributed by atoms with van der Waals surface area (Å²) in [6, 6.07) is 7.75. The van der Waals surface area contributed by atoms with Gasteiger partial charge in [-0.05, 0) is 37.0 Å². The lowest BCUT2D eigenvalue weighted by atomic mass is 9.89. The van der Waals surface area contributed by atoms with Crippen LogP contribution in [0.1, 0.15) is 36.3 Å². The summed E-state index contributed by atoms with van der Waals surface area (Å²) >= 11 is 0. The van der Waals surface area contributed by atoms with Crippen molar-refractivity contribution < 1.29 is 9.59 Å². The third-order valence-corrected chi connectivity index (χ3v) is 5.12. The number of aryl methyl sites for hydroxylation is 1. The molecule has 0 bridgehead atoms. The van der Waals surface area contributed by atoms with Gasteiger partial charge in [0.2, 0.25) is 11.8 Å². The van der Waals surface area contributed by atoms with Crippen molar-refractivity contribution in [3.05, 3.63) is 47.8 Å². The molecular weight excluding hydrogens is 316 g/mol. The Balaban J connectivity index is 1.56. The van der Waals surface area contributed by atoms with Crippen LogP contribution in [0.25, 0.3) is 0 Å².